The molecule has 1 unspecified atom stereocenters. The normalized spacial score (nSPS) is 15.9. The Morgan fingerprint density at radius 3 is 2.46 bits per heavy atom. The van der Waals surface area contributed by atoms with E-state index in [2.05, 4.69) is 15.4 Å². The number of nitrogens with zero attached hydrogens (tertiary/aromatic N) is 3. The summed E-state index contributed by atoms with van der Waals surface area (Å²) in [6.07, 6.45) is -2.05. The molecular weight excluding hydrogens is 711 g/mol. The molecule has 3 amide bonds. The first-order valence-corrected chi connectivity index (χ1v) is 18.4. The summed E-state index contributed by atoms with van der Waals surface area (Å²) < 4.78 is 78.9. The van der Waals surface area contributed by atoms with Crippen LogP contribution in [0.1, 0.15) is 64.6 Å². The third-order valence-electron chi connectivity index (χ3n) is 8.08. The molecule has 0 spiro atoms. The zero-order valence-electron chi connectivity index (χ0n) is 29.5. The topological polar surface area (TPSA) is 174 Å². The molecule has 1 fully saturated rings. The Labute approximate surface area is 300 Å². The minimum atomic E-state index is -5.01. The van der Waals surface area contributed by atoms with Crippen molar-refractivity contribution in [1.82, 2.24) is 19.9 Å². The maximum atomic E-state index is 12.9. The highest BCUT2D eigenvalue weighted by Gasteiger charge is 2.42. The number of aromatic nitrogens is 1. The van der Waals surface area contributed by atoms with Gasteiger partial charge in [0.25, 0.3) is 0 Å². The molecule has 0 aliphatic carbocycles. The number of esters is 1. The maximum absolute atomic E-state index is 12.9. The molecule has 0 radical (unpaired) electrons. The van der Waals surface area contributed by atoms with Gasteiger partial charge in [0.1, 0.15) is 23.2 Å². The second-order valence-electron chi connectivity index (χ2n) is 13.4. The molecule has 14 nitrogen and oxygen atoms in total. The molecule has 52 heavy (non-hydrogen) atoms. The summed E-state index contributed by atoms with van der Waals surface area (Å²) in [6, 6.07) is 6.53. The highest BCUT2D eigenvalue weighted by Crippen LogP contribution is 2.30. The first-order valence-electron chi connectivity index (χ1n) is 17.0. The number of ether oxygens (including phenoxy) is 3. The Hall–Kier alpha value is -4.45. The largest absolute Gasteiger partial charge is 0.573 e. The van der Waals surface area contributed by atoms with Crippen molar-refractivity contribution in [2.45, 2.75) is 89.1 Å². The predicted molar refractivity (Wildman–Crippen MR) is 181 cm³/mol. The number of carbonyl (C=O) groups excluding carboxylic acids is 4. The molecule has 3 heterocycles. The first kappa shape index (κ1) is 40.3. The van der Waals surface area contributed by atoms with Crippen molar-refractivity contribution in [2.24, 2.45) is 5.92 Å². The zero-order valence-corrected chi connectivity index (χ0v) is 30.3. The lowest BCUT2D eigenvalue weighted by Crippen LogP contribution is -2.59. The SMILES string of the molecule is CCOC(=O)C(CNC(=O)CCCCc1ccc2c(n1)N(C(=O)OC(C)(C)C)CCC2)NC(=O)C1CN(S(=O)(=O)c2cccc(OC(F)(F)F)c2)C1. The van der Waals surface area contributed by atoms with Crippen molar-refractivity contribution in [1.29, 1.82) is 0 Å². The molecule has 2 N–H and O–H groups in total. The van der Waals surface area contributed by atoms with Crippen molar-refractivity contribution in [3.05, 3.63) is 47.7 Å². The van der Waals surface area contributed by atoms with E-state index >= 15 is 0 Å². The van der Waals surface area contributed by atoms with Gasteiger partial charge < -0.3 is 24.8 Å². The molecule has 2 aliphatic rings. The Balaban J connectivity index is 1.24. The van der Waals surface area contributed by atoms with E-state index in [0.717, 1.165) is 52.7 Å². The van der Waals surface area contributed by atoms with Gasteiger partial charge in [-0.1, -0.05) is 12.1 Å². The molecule has 0 saturated carbocycles. The highest BCUT2D eigenvalue weighted by molar-refractivity contribution is 7.89. The van der Waals surface area contributed by atoms with E-state index in [1.54, 1.807) is 32.6 Å². The van der Waals surface area contributed by atoms with Crippen LogP contribution in [0.25, 0.3) is 0 Å². The van der Waals surface area contributed by atoms with Gasteiger partial charge in [-0.05, 0) is 83.6 Å². The highest BCUT2D eigenvalue weighted by atomic mass is 32.2. The van der Waals surface area contributed by atoms with Crippen LogP contribution in [-0.2, 0) is 46.7 Å². The van der Waals surface area contributed by atoms with Crippen LogP contribution in [0.2, 0.25) is 0 Å². The van der Waals surface area contributed by atoms with Gasteiger partial charge in [-0.15, -0.1) is 13.2 Å². The summed E-state index contributed by atoms with van der Waals surface area (Å²) in [7, 11) is -4.23. The third kappa shape index (κ3) is 11.3. The third-order valence-corrected chi connectivity index (χ3v) is 9.91. The van der Waals surface area contributed by atoms with E-state index in [-0.39, 0.29) is 38.6 Å². The fourth-order valence-electron chi connectivity index (χ4n) is 5.52. The number of nitrogens with one attached hydrogen (secondary N) is 2. The summed E-state index contributed by atoms with van der Waals surface area (Å²) in [4.78, 5) is 56.8. The monoisotopic (exact) mass is 755 g/mol. The van der Waals surface area contributed by atoms with Gasteiger partial charge in [0, 0.05) is 44.4 Å². The van der Waals surface area contributed by atoms with Crippen LogP contribution < -0.4 is 20.3 Å². The minimum absolute atomic E-state index is 0.0119. The number of hydrogen-bond donors (Lipinski definition) is 2. The zero-order chi connectivity index (χ0) is 38.3. The second-order valence-corrected chi connectivity index (χ2v) is 15.3. The molecule has 2 aliphatic heterocycles. The van der Waals surface area contributed by atoms with E-state index < -0.39 is 62.6 Å². The van der Waals surface area contributed by atoms with Gasteiger partial charge in [-0.25, -0.2) is 23.0 Å². The van der Waals surface area contributed by atoms with E-state index in [1.807, 2.05) is 12.1 Å². The van der Waals surface area contributed by atoms with Gasteiger partial charge in [-0.2, -0.15) is 4.31 Å². The number of aryl methyl sites for hydroxylation is 2. The van der Waals surface area contributed by atoms with Gasteiger partial charge >= 0.3 is 18.4 Å². The lowest BCUT2D eigenvalue weighted by molar-refractivity contribution is -0.274. The van der Waals surface area contributed by atoms with Crippen LogP contribution in [0.4, 0.5) is 23.8 Å². The van der Waals surface area contributed by atoms with Gasteiger partial charge in [-0.3, -0.25) is 14.5 Å². The fourth-order valence-corrected chi connectivity index (χ4v) is 7.08. The van der Waals surface area contributed by atoms with E-state index in [0.29, 0.717) is 31.6 Å². The number of rotatable bonds is 14. The number of benzene rings is 1. The lowest BCUT2D eigenvalue weighted by atomic mass is 10.0. The van der Waals surface area contributed by atoms with Crippen molar-refractivity contribution in [2.75, 3.05) is 37.7 Å². The van der Waals surface area contributed by atoms with Gasteiger partial charge in [0.2, 0.25) is 21.8 Å². The van der Waals surface area contributed by atoms with E-state index in [9.17, 15) is 40.8 Å². The molecule has 1 aromatic heterocycles. The van der Waals surface area contributed by atoms with Crippen LogP contribution in [0.3, 0.4) is 0 Å². The number of pyridine rings is 1. The molecule has 1 atom stereocenters. The van der Waals surface area contributed by atoms with Crippen molar-refractivity contribution >= 4 is 39.7 Å². The number of carbonyl (C=O) groups is 4. The van der Waals surface area contributed by atoms with Crippen molar-refractivity contribution in [3.8, 4) is 5.75 Å². The molecule has 286 valence electrons. The smallest absolute Gasteiger partial charge is 0.464 e. The summed E-state index contributed by atoms with van der Waals surface area (Å²) >= 11 is 0. The summed E-state index contributed by atoms with van der Waals surface area (Å²) in [5, 5.41) is 5.13. The van der Waals surface area contributed by atoms with Crippen LogP contribution >= 0.6 is 0 Å². The number of anilines is 1. The number of hydrogen-bond acceptors (Lipinski definition) is 10. The number of fused-ring (bicyclic) bond motifs is 1. The molecule has 18 heteroatoms. The minimum Gasteiger partial charge on any atom is -0.464 e. The average molecular weight is 756 g/mol. The van der Waals surface area contributed by atoms with E-state index in [1.165, 1.54) is 0 Å². The summed E-state index contributed by atoms with van der Waals surface area (Å²) in [5.74, 6) is -2.79. The van der Waals surface area contributed by atoms with Crippen LogP contribution in [0.15, 0.2) is 41.3 Å². The van der Waals surface area contributed by atoms with Crippen LogP contribution in [-0.4, -0.2) is 92.4 Å². The molecule has 0 bridgehead atoms. The number of sulfonamides is 1. The van der Waals surface area contributed by atoms with Gasteiger partial charge in [0.15, 0.2) is 0 Å². The molecule has 1 saturated heterocycles. The fraction of sp³-hybridized carbons (Fsp3) is 0.559. The Bertz CT molecular complexity index is 1730. The second kappa shape index (κ2) is 16.9. The Kier molecular flexibility index (Phi) is 13.1. The summed E-state index contributed by atoms with van der Waals surface area (Å²) in [6.45, 7) is 6.68. The number of alkyl halides is 3. The molecular formula is C34H44F3N5O9S. The molecule has 2 aromatic rings. The van der Waals surface area contributed by atoms with Gasteiger partial charge in [0.05, 0.1) is 17.4 Å². The average Bonchev–Trinajstić information content (AvgIpc) is 3.02. The lowest BCUT2D eigenvalue weighted by Gasteiger charge is -2.37. The molecule has 4 rings (SSSR count). The van der Waals surface area contributed by atoms with Crippen LogP contribution in [0, 0.1) is 5.92 Å². The number of unbranched alkanes of at least 4 members (excludes halogenated alkanes) is 1. The Morgan fingerprint density at radius 2 is 1.79 bits per heavy atom. The first-order chi connectivity index (χ1) is 24.4. The Morgan fingerprint density at radius 1 is 1.06 bits per heavy atom. The number of halogens is 3. The molecule has 1 aromatic carbocycles. The quantitative estimate of drug-likeness (QED) is 0.213. The standard InChI is InChI=1S/C34H44F3N5O9S/c1-5-49-31(45)27(40-30(44)23-20-41(21-23)52(47,48)26-13-8-12-25(18-26)50-34(35,36)37)19-38-28(43)14-7-6-11-24-16-15-22-10-9-17-42(29(22)39-24)32(46)51-33(2,3)4/h8,12-13,15-16,18,23,27H,5-7,9-11,14,17,19-21H2,1-4H3,(H,38,43)(H,40,44). The maximum Gasteiger partial charge on any atom is 0.573 e. The number of amides is 3. The van der Waals surface area contributed by atoms with Crippen LogP contribution in [0.5, 0.6) is 5.75 Å². The summed E-state index contributed by atoms with van der Waals surface area (Å²) in [5.41, 5.74) is 1.09. The van der Waals surface area contributed by atoms with E-state index in [4.69, 9.17) is 14.5 Å². The van der Waals surface area contributed by atoms with Crippen molar-refractivity contribution in [3.63, 3.8) is 0 Å². The predicted octanol–water partition coefficient (Wildman–Crippen LogP) is 3.87. The van der Waals surface area contributed by atoms with Crippen molar-refractivity contribution < 1.29 is 55.0 Å².